The minimum absolute atomic E-state index is 0.209. The van der Waals surface area contributed by atoms with Crippen molar-refractivity contribution in [2.24, 2.45) is 0 Å². The molecule has 6 heteroatoms. The number of ether oxygens (including phenoxy) is 1. The van der Waals surface area contributed by atoms with Gasteiger partial charge in [-0.05, 0) is 30.2 Å². The molecule has 0 aliphatic rings. The van der Waals surface area contributed by atoms with E-state index in [1.54, 1.807) is 18.2 Å². The number of amides is 2. The number of hydrogen-bond donors (Lipinski definition) is 2. The van der Waals surface area contributed by atoms with E-state index in [0.717, 1.165) is 12.0 Å². The Bertz CT molecular complexity index is 790. The van der Waals surface area contributed by atoms with E-state index in [-0.39, 0.29) is 29.9 Å². The first-order valence-electron chi connectivity index (χ1n) is 8.86. The van der Waals surface area contributed by atoms with Crippen LogP contribution in [-0.2, 0) is 14.3 Å². The van der Waals surface area contributed by atoms with Crippen molar-refractivity contribution < 1.29 is 19.1 Å². The molecular formula is C21H24N2O4. The molecule has 0 fully saturated rings. The second-order valence-corrected chi connectivity index (χ2v) is 6.16. The van der Waals surface area contributed by atoms with Crippen molar-refractivity contribution in [3.8, 4) is 0 Å². The molecule has 0 spiro atoms. The fraction of sp³-hybridized carbons (Fsp3) is 0.286. The molecule has 0 saturated carbocycles. The Balaban J connectivity index is 1.82. The summed E-state index contributed by atoms with van der Waals surface area (Å²) >= 11 is 0. The number of hydrogen-bond acceptors (Lipinski definition) is 4. The van der Waals surface area contributed by atoms with Crippen molar-refractivity contribution in [1.82, 2.24) is 5.32 Å². The van der Waals surface area contributed by atoms with Crippen molar-refractivity contribution >= 4 is 23.5 Å². The monoisotopic (exact) mass is 368 g/mol. The zero-order valence-corrected chi connectivity index (χ0v) is 15.5. The van der Waals surface area contributed by atoms with Crippen LogP contribution in [0.25, 0.3) is 0 Å². The van der Waals surface area contributed by atoms with Gasteiger partial charge in [0, 0.05) is 25.1 Å². The Hall–Kier alpha value is -3.15. The predicted octanol–water partition coefficient (Wildman–Crippen LogP) is 3.11. The third kappa shape index (κ3) is 6.58. The molecule has 2 aromatic carbocycles. The number of carbonyl (C=O) groups is 3. The highest BCUT2D eigenvalue weighted by Crippen LogP contribution is 2.18. The van der Waals surface area contributed by atoms with Crippen molar-refractivity contribution in [3.05, 3.63) is 65.7 Å². The number of anilines is 1. The maximum absolute atomic E-state index is 12.1. The SMILES string of the molecule is CC[C@@H](CNC(=O)COC(=O)c1cccc(NC(C)=O)c1)c1ccccc1. The summed E-state index contributed by atoms with van der Waals surface area (Å²) in [4.78, 5) is 35.2. The molecule has 0 bridgehead atoms. The maximum atomic E-state index is 12.1. The molecule has 2 aromatic rings. The highest BCUT2D eigenvalue weighted by Gasteiger charge is 2.13. The van der Waals surface area contributed by atoms with Gasteiger partial charge in [0.2, 0.25) is 5.91 Å². The van der Waals surface area contributed by atoms with Crippen molar-refractivity contribution in [2.75, 3.05) is 18.5 Å². The number of rotatable bonds is 8. The molecule has 142 valence electrons. The van der Waals surface area contributed by atoms with E-state index in [4.69, 9.17) is 4.74 Å². The average molecular weight is 368 g/mol. The Morgan fingerprint density at radius 1 is 1.04 bits per heavy atom. The first-order chi connectivity index (χ1) is 13.0. The molecule has 2 rings (SSSR count). The van der Waals surface area contributed by atoms with Crippen LogP contribution in [0, 0.1) is 0 Å². The maximum Gasteiger partial charge on any atom is 0.338 e. The lowest BCUT2D eigenvalue weighted by Crippen LogP contribution is -2.32. The van der Waals surface area contributed by atoms with Crippen LogP contribution in [0.3, 0.4) is 0 Å². The molecular weight excluding hydrogens is 344 g/mol. The normalized spacial score (nSPS) is 11.3. The van der Waals surface area contributed by atoms with Gasteiger partial charge < -0.3 is 15.4 Å². The van der Waals surface area contributed by atoms with Gasteiger partial charge in [0.1, 0.15) is 0 Å². The van der Waals surface area contributed by atoms with Gasteiger partial charge in [-0.25, -0.2) is 4.79 Å². The van der Waals surface area contributed by atoms with Gasteiger partial charge >= 0.3 is 5.97 Å². The largest absolute Gasteiger partial charge is 0.452 e. The summed E-state index contributed by atoms with van der Waals surface area (Å²) < 4.78 is 5.06. The summed E-state index contributed by atoms with van der Waals surface area (Å²) in [6.45, 7) is 3.57. The highest BCUT2D eigenvalue weighted by atomic mass is 16.5. The second-order valence-electron chi connectivity index (χ2n) is 6.16. The van der Waals surface area contributed by atoms with Gasteiger partial charge in [0.25, 0.3) is 5.91 Å². The van der Waals surface area contributed by atoms with Crippen LogP contribution in [0.2, 0.25) is 0 Å². The van der Waals surface area contributed by atoms with Crippen molar-refractivity contribution in [3.63, 3.8) is 0 Å². The smallest absolute Gasteiger partial charge is 0.338 e. The van der Waals surface area contributed by atoms with Crippen LogP contribution in [0.5, 0.6) is 0 Å². The molecule has 6 nitrogen and oxygen atoms in total. The summed E-state index contributed by atoms with van der Waals surface area (Å²) in [5, 5.41) is 5.40. The highest BCUT2D eigenvalue weighted by molar-refractivity contribution is 5.94. The predicted molar refractivity (Wildman–Crippen MR) is 104 cm³/mol. The zero-order chi connectivity index (χ0) is 19.6. The van der Waals surface area contributed by atoms with Gasteiger partial charge in [-0.1, -0.05) is 43.3 Å². The summed E-state index contributed by atoms with van der Waals surface area (Å²) in [5.41, 5.74) is 1.92. The van der Waals surface area contributed by atoms with E-state index in [2.05, 4.69) is 17.6 Å². The van der Waals surface area contributed by atoms with E-state index < -0.39 is 5.97 Å². The zero-order valence-electron chi connectivity index (χ0n) is 15.5. The van der Waals surface area contributed by atoms with E-state index in [1.807, 2.05) is 30.3 Å². The summed E-state index contributed by atoms with van der Waals surface area (Å²) in [5.74, 6) is -0.993. The minimum atomic E-state index is -0.618. The van der Waals surface area contributed by atoms with E-state index >= 15 is 0 Å². The first kappa shape index (κ1) is 20.2. The van der Waals surface area contributed by atoms with E-state index in [9.17, 15) is 14.4 Å². The fourth-order valence-corrected chi connectivity index (χ4v) is 2.65. The number of nitrogens with one attached hydrogen (secondary N) is 2. The Labute approximate surface area is 158 Å². The van der Waals surface area contributed by atoms with Crippen LogP contribution in [0.4, 0.5) is 5.69 Å². The van der Waals surface area contributed by atoms with E-state index in [0.29, 0.717) is 12.2 Å². The number of carbonyl (C=O) groups excluding carboxylic acids is 3. The van der Waals surface area contributed by atoms with E-state index in [1.165, 1.54) is 13.0 Å². The Morgan fingerprint density at radius 3 is 2.44 bits per heavy atom. The second kappa shape index (κ2) is 10.1. The molecule has 0 saturated heterocycles. The summed E-state index contributed by atoms with van der Waals surface area (Å²) in [6, 6.07) is 16.3. The number of esters is 1. The lowest BCUT2D eigenvalue weighted by Gasteiger charge is -2.16. The van der Waals surface area contributed by atoms with Crippen LogP contribution in [-0.4, -0.2) is 30.9 Å². The molecule has 0 aliphatic carbocycles. The molecule has 0 aliphatic heterocycles. The van der Waals surface area contributed by atoms with Gasteiger partial charge in [-0.15, -0.1) is 0 Å². The minimum Gasteiger partial charge on any atom is -0.452 e. The van der Waals surface area contributed by atoms with Crippen molar-refractivity contribution in [1.29, 1.82) is 0 Å². The number of benzene rings is 2. The molecule has 0 aromatic heterocycles. The summed E-state index contributed by atoms with van der Waals surface area (Å²) in [6.07, 6.45) is 0.889. The molecule has 1 atom stereocenters. The van der Waals surface area contributed by atoms with Crippen LogP contribution >= 0.6 is 0 Å². The van der Waals surface area contributed by atoms with Crippen LogP contribution in [0.15, 0.2) is 54.6 Å². The van der Waals surface area contributed by atoms with Crippen LogP contribution in [0.1, 0.15) is 42.1 Å². The summed E-state index contributed by atoms with van der Waals surface area (Å²) in [7, 11) is 0. The lowest BCUT2D eigenvalue weighted by molar-refractivity contribution is -0.124. The van der Waals surface area contributed by atoms with Gasteiger partial charge in [-0.3, -0.25) is 9.59 Å². The van der Waals surface area contributed by atoms with Crippen LogP contribution < -0.4 is 10.6 Å². The van der Waals surface area contributed by atoms with Gasteiger partial charge in [-0.2, -0.15) is 0 Å². The third-order valence-electron chi connectivity index (χ3n) is 4.06. The Kier molecular flexibility index (Phi) is 7.55. The van der Waals surface area contributed by atoms with Gasteiger partial charge in [0.15, 0.2) is 6.61 Å². The molecule has 2 amide bonds. The Morgan fingerprint density at radius 2 is 1.78 bits per heavy atom. The lowest BCUT2D eigenvalue weighted by atomic mass is 9.96. The third-order valence-corrected chi connectivity index (χ3v) is 4.06. The average Bonchev–Trinajstić information content (AvgIpc) is 2.67. The topological polar surface area (TPSA) is 84.5 Å². The van der Waals surface area contributed by atoms with Crippen molar-refractivity contribution in [2.45, 2.75) is 26.2 Å². The fourth-order valence-electron chi connectivity index (χ4n) is 2.65. The molecule has 0 heterocycles. The first-order valence-corrected chi connectivity index (χ1v) is 8.86. The standard InChI is InChI=1S/C21H24N2O4/c1-3-16(17-8-5-4-6-9-17)13-22-20(25)14-27-21(26)18-10-7-11-19(12-18)23-15(2)24/h4-12,16H,3,13-14H2,1-2H3,(H,22,25)(H,23,24)/t16-/m0/s1. The molecule has 27 heavy (non-hydrogen) atoms. The molecule has 2 N–H and O–H groups in total. The quantitative estimate of drug-likeness (QED) is 0.701. The molecule has 0 radical (unpaired) electrons. The molecule has 0 unspecified atom stereocenters. The van der Waals surface area contributed by atoms with Gasteiger partial charge in [0.05, 0.1) is 5.56 Å².